The second-order valence-corrected chi connectivity index (χ2v) is 4.78. The minimum Gasteiger partial charge on any atom is -0.449 e. The van der Waals surface area contributed by atoms with Crippen molar-refractivity contribution in [1.29, 1.82) is 0 Å². The zero-order valence-electron chi connectivity index (χ0n) is 10.1. The summed E-state index contributed by atoms with van der Waals surface area (Å²) in [6, 6.07) is 5.41. The maximum absolute atomic E-state index is 12.1. The van der Waals surface area contributed by atoms with Gasteiger partial charge in [-0.3, -0.25) is 4.79 Å². The van der Waals surface area contributed by atoms with Crippen molar-refractivity contribution in [3.63, 3.8) is 0 Å². The number of nitrogens with one attached hydrogen (secondary N) is 2. The predicted octanol–water partition coefficient (Wildman–Crippen LogP) is 0.498. The van der Waals surface area contributed by atoms with E-state index in [9.17, 15) is 4.79 Å². The van der Waals surface area contributed by atoms with Gasteiger partial charge >= 0.3 is 0 Å². The van der Waals surface area contributed by atoms with Crippen LogP contribution in [0.2, 0.25) is 0 Å². The van der Waals surface area contributed by atoms with Crippen molar-refractivity contribution >= 4 is 35.4 Å². The third kappa shape index (κ3) is 1.53. The van der Waals surface area contributed by atoms with Crippen LogP contribution in [-0.4, -0.2) is 24.4 Å². The molecule has 19 heavy (non-hydrogen) atoms. The van der Waals surface area contributed by atoms with Crippen molar-refractivity contribution in [3.05, 3.63) is 34.4 Å². The zero-order chi connectivity index (χ0) is 13.0. The van der Waals surface area contributed by atoms with Crippen LogP contribution in [-0.2, 0) is 0 Å². The van der Waals surface area contributed by atoms with Crippen LogP contribution in [0, 0.1) is 0 Å². The average Bonchev–Trinajstić information content (AvgIpc) is 2.66. The fourth-order valence-corrected chi connectivity index (χ4v) is 2.38. The molecule has 0 saturated carbocycles. The highest BCUT2D eigenvalue weighted by atomic mass is 16.3. The van der Waals surface area contributed by atoms with Crippen molar-refractivity contribution in [2.45, 2.75) is 12.5 Å². The first-order valence-electron chi connectivity index (χ1n) is 6.18. The quantitative estimate of drug-likeness (QED) is 0.618. The van der Waals surface area contributed by atoms with Gasteiger partial charge in [0.1, 0.15) is 24.8 Å². The highest BCUT2D eigenvalue weighted by molar-refractivity contribution is 6.33. The van der Waals surface area contributed by atoms with E-state index in [2.05, 4.69) is 15.3 Å². The first-order valence-corrected chi connectivity index (χ1v) is 6.18. The Bertz CT molecular complexity index is 848. The molecule has 92 valence electrons. The van der Waals surface area contributed by atoms with Crippen LogP contribution in [0.1, 0.15) is 18.3 Å². The number of aromatic nitrogens is 2. The third-order valence-corrected chi connectivity index (χ3v) is 3.52. The number of nitrogens with zero attached hydrogens (tertiary/aromatic N) is 1. The normalized spacial score (nSPS) is 18.8. The number of hydrogen-bond donors (Lipinski definition) is 2. The number of H-pyrrole nitrogens is 1. The number of furan rings is 1. The molecular weight excluding hydrogens is 241 g/mol. The van der Waals surface area contributed by atoms with E-state index in [4.69, 9.17) is 12.3 Å². The molecule has 1 aliphatic rings. The molecule has 6 heteroatoms. The van der Waals surface area contributed by atoms with Crippen LogP contribution in [0.15, 0.2) is 27.4 Å². The molecule has 1 fully saturated rings. The van der Waals surface area contributed by atoms with Gasteiger partial charge in [0, 0.05) is 5.39 Å². The van der Waals surface area contributed by atoms with E-state index >= 15 is 0 Å². The molecule has 4 rings (SSSR count). The van der Waals surface area contributed by atoms with E-state index < -0.39 is 0 Å². The SMILES string of the molecule is [B]c1ccc2oc3c(=O)[nH]c([C@@H]4CCN4)nc3c2c1. The van der Waals surface area contributed by atoms with E-state index in [1.807, 2.05) is 0 Å². The lowest BCUT2D eigenvalue weighted by molar-refractivity contribution is 0.366. The molecule has 0 aliphatic carbocycles. The topological polar surface area (TPSA) is 70.9 Å². The molecule has 5 nitrogen and oxygen atoms in total. The number of fused-ring (bicyclic) bond motifs is 3. The second kappa shape index (κ2) is 3.71. The summed E-state index contributed by atoms with van der Waals surface area (Å²) < 4.78 is 5.54. The second-order valence-electron chi connectivity index (χ2n) is 4.78. The Labute approximate surface area is 109 Å². The summed E-state index contributed by atoms with van der Waals surface area (Å²) in [5.41, 5.74) is 1.84. The Kier molecular flexibility index (Phi) is 2.11. The Morgan fingerprint density at radius 1 is 1.42 bits per heavy atom. The molecule has 0 amide bonds. The number of hydrogen-bond acceptors (Lipinski definition) is 4. The van der Waals surface area contributed by atoms with Crippen LogP contribution < -0.4 is 16.3 Å². The minimum atomic E-state index is -0.247. The monoisotopic (exact) mass is 251 g/mol. The maximum Gasteiger partial charge on any atom is 0.294 e. The highest BCUT2D eigenvalue weighted by Gasteiger charge is 2.23. The number of aromatic amines is 1. The van der Waals surface area contributed by atoms with Crippen LogP contribution >= 0.6 is 0 Å². The molecule has 2 radical (unpaired) electrons. The van der Waals surface area contributed by atoms with Gasteiger partial charge in [0.05, 0.1) is 6.04 Å². The van der Waals surface area contributed by atoms with Crippen molar-refractivity contribution in [1.82, 2.24) is 15.3 Å². The third-order valence-electron chi connectivity index (χ3n) is 3.52. The zero-order valence-corrected chi connectivity index (χ0v) is 10.1. The maximum atomic E-state index is 12.1. The van der Waals surface area contributed by atoms with E-state index in [-0.39, 0.29) is 17.2 Å². The van der Waals surface area contributed by atoms with Gasteiger partial charge in [-0.05, 0) is 19.0 Å². The fraction of sp³-hybridized carbons (Fsp3) is 0.231. The van der Waals surface area contributed by atoms with Gasteiger partial charge in [0.2, 0.25) is 5.58 Å². The van der Waals surface area contributed by atoms with Gasteiger partial charge in [0.25, 0.3) is 5.56 Å². The van der Waals surface area contributed by atoms with E-state index in [0.717, 1.165) is 18.4 Å². The van der Waals surface area contributed by atoms with Crippen molar-refractivity contribution in [2.24, 2.45) is 0 Å². The molecule has 1 aliphatic heterocycles. The Hall–Kier alpha value is -2.08. The first kappa shape index (κ1) is 10.8. The van der Waals surface area contributed by atoms with E-state index in [0.29, 0.717) is 22.4 Å². The fourth-order valence-electron chi connectivity index (χ4n) is 2.38. The summed E-state index contributed by atoms with van der Waals surface area (Å²) in [5, 5.41) is 4.00. The van der Waals surface area contributed by atoms with E-state index in [1.165, 1.54) is 0 Å². The summed E-state index contributed by atoms with van der Waals surface area (Å²) in [5.74, 6) is 0.661. The smallest absolute Gasteiger partial charge is 0.294 e. The van der Waals surface area contributed by atoms with Gasteiger partial charge in [-0.25, -0.2) is 4.98 Å². The molecule has 3 aromatic rings. The van der Waals surface area contributed by atoms with E-state index in [1.54, 1.807) is 18.2 Å². The van der Waals surface area contributed by atoms with Gasteiger partial charge in [-0.2, -0.15) is 0 Å². The lowest BCUT2D eigenvalue weighted by Gasteiger charge is -2.26. The standard InChI is InChI=1S/C13H10BN3O2/c14-6-1-2-9-7(5-6)10-11(19-9)13(18)17-12(16-10)8-3-4-15-8/h1-2,5,8,15H,3-4H2,(H,16,17,18)/t8-/m0/s1. The van der Waals surface area contributed by atoms with Gasteiger partial charge in [0.15, 0.2) is 0 Å². The summed E-state index contributed by atoms with van der Waals surface area (Å²) in [7, 11) is 5.78. The Morgan fingerprint density at radius 2 is 2.26 bits per heavy atom. The van der Waals surface area contributed by atoms with Gasteiger partial charge in [-0.15, -0.1) is 0 Å². The molecule has 1 atom stereocenters. The molecule has 0 spiro atoms. The molecule has 0 unspecified atom stereocenters. The molecule has 1 saturated heterocycles. The highest BCUT2D eigenvalue weighted by Crippen LogP contribution is 2.26. The molecule has 3 heterocycles. The van der Waals surface area contributed by atoms with Crippen LogP contribution in [0.4, 0.5) is 0 Å². The Balaban J connectivity index is 2.08. The summed E-state index contributed by atoms with van der Waals surface area (Å²) in [6.07, 6.45) is 0.979. The molecule has 1 aromatic carbocycles. The summed E-state index contributed by atoms with van der Waals surface area (Å²) in [4.78, 5) is 19.3. The summed E-state index contributed by atoms with van der Waals surface area (Å²) >= 11 is 0. The summed E-state index contributed by atoms with van der Waals surface area (Å²) in [6.45, 7) is 0.950. The molecular formula is C13H10BN3O2. The predicted molar refractivity (Wildman–Crippen MR) is 72.9 cm³/mol. The van der Waals surface area contributed by atoms with Crippen LogP contribution in [0.3, 0.4) is 0 Å². The van der Waals surface area contributed by atoms with Crippen molar-refractivity contribution in [3.8, 4) is 0 Å². The van der Waals surface area contributed by atoms with Gasteiger partial charge < -0.3 is 14.7 Å². The Morgan fingerprint density at radius 3 is 3.00 bits per heavy atom. The van der Waals surface area contributed by atoms with Crippen molar-refractivity contribution in [2.75, 3.05) is 6.54 Å². The molecule has 2 N–H and O–H groups in total. The first-order chi connectivity index (χ1) is 9.22. The molecule has 2 aromatic heterocycles. The minimum absolute atomic E-state index is 0.128. The lowest BCUT2D eigenvalue weighted by Crippen LogP contribution is -2.37. The molecule has 0 bridgehead atoms. The number of rotatable bonds is 1. The van der Waals surface area contributed by atoms with Gasteiger partial charge in [-0.1, -0.05) is 17.6 Å². The average molecular weight is 251 g/mol. The van der Waals surface area contributed by atoms with Crippen LogP contribution in [0.5, 0.6) is 0 Å². The van der Waals surface area contributed by atoms with Crippen molar-refractivity contribution < 1.29 is 4.42 Å². The number of benzene rings is 1. The largest absolute Gasteiger partial charge is 0.449 e. The lowest BCUT2D eigenvalue weighted by atomic mass is 9.95. The van der Waals surface area contributed by atoms with Crippen LogP contribution in [0.25, 0.3) is 22.1 Å².